The lowest BCUT2D eigenvalue weighted by Crippen LogP contribution is -2.43. The number of nitrogens with one attached hydrogen (secondary N) is 1. The molecule has 2 heterocycles. The lowest BCUT2D eigenvalue weighted by Gasteiger charge is -2.23. The van der Waals surface area contributed by atoms with Gasteiger partial charge in [0, 0.05) is 18.3 Å². The molecule has 1 atom stereocenters. The largest absolute Gasteiger partial charge is 0.489 e. The van der Waals surface area contributed by atoms with Crippen LogP contribution < -0.4 is 10.1 Å². The first-order valence-electron chi connectivity index (χ1n) is 9.73. The Morgan fingerprint density at radius 3 is 2.73 bits per heavy atom. The SMILES string of the molecule is O=C(Nc1cccc(OCc2ccc(F)cc2)c1)C1CCCN1C(=O)c1ccco1. The molecule has 1 fully saturated rings. The van der Waals surface area contributed by atoms with E-state index in [1.165, 1.54) is 18.4 Å². The van der Waals surface area contributed by atoms with Crippen molar-refractivity contribution in [2.75, 3.05) is 11.9 Å². The Hall–Kier alpha value is -3.61. The van der Waals surface area contributed by atoms with Gasteiger partial charge in [0.2, 0.25) is 5.91 Å². The molecule has 1 N–H and O–H groups in total. The van der Waals surface area contributed by atoms with Crippen molar-refractivity contribution in [1.82, 2.24) is 4.90 Å². The number of rotatable bonds is 6. The average molecular weight is 408 g/mol. The zero-order valence-electron chi connectivity index (χ0n) is 16.2. The number of hydrogen-bond acceptors (Lipinski definition) is 4. The molecule has 154 valence electrons. The quantitative estimate of drug-likeness (QED) is 0.662. The fraction of sp³-hybridized carbons (Fsp3) is 0.217. The van der Waals surface area contributed by atoms with Crippen LogP contribution in [0.4, 0.5) is 10.1 Å². The third kappa shape index (κ3) is 4.51. The van der Waals surface area contributed by atoms with Gasteiger partial charge in [0.25, 0.3) is 5.91 Å². The van der Waals surface area contributed by atoms with Gasteiger partial charge in [0.1, 0.15) is 24.2 Å². The van der Waals surface area contributed by atoms with Gasteiger partial charge in [-0.3, -0.25) is 9.59 Å². The minimum Gasteiger partial charge on any atom is -0.489 e. The number of likely N-dealkylation sites (tertiary alicyclic amines) is 1. The Kier molecular flexibility index (Phi) is 5.79. The van der Waals surface area contributed by atoms with Crippen LogP contribution in [0, 0.1) is 5.82 Å². The van der Waals surface area contributed by atoms with Crippen molar-refractivity contribution in [3.8, 4) is 5.75 Å². The zero-order chi connectivity index (χ0) is 20.9. The van der Waals surface area contributed by atoms with E-state index >= 15 is 0 Å². The van der Waals surface area contributed by atoms with Crippen LogP contribution in [0.1, 0.15) is 29.0 Å². The molecular formula is C23H21FN2O4. The van der Waals surface area contributed by atoms with Gasteiger partial charge < -0.3 is 19.4 Å². The number of halogens is 1. The normalized spacial score (nSPS) is 15.8. The number of furan rings is 1. The van der Waals surface area contributed by atoms with Crippen LogP contribution in [0.25, 0.3) is 0 Å². The van der Waals surface area contributed by atoms with Crippen molar-refractivity contribution in [2.24, 2.45) is 0 Å². The highest BCUT2D eigenvalue weighted by Crippen LogP contribution is 2.24. The van der Waals surface area contributed by atoms with Crippen molar-refractivity contribution >= 4 is 17.5 Å². The average Bonchev–Trinajstić information content (AvgIpc) is 3.45. The van der Waals surface area contributed by atoms with E-state index in [0.29, 0.717) is 24.4 Å². The summed E-state index contributed by atoms with van der Waals surface area (Å²) in [6, 6.07) is 15.8. The summed E-state index contributed by atoms with van der Waals surface area (Å²) in [6.45, 7) is 0.796. The van der Waals surface area contributed by atoms with E-state index in [2.05, 4.69) is 5.32 Å². The lowest BCUT2D eigenvalue weighted by molar-refractivity contribution is -0.119. The highest BCUT2D eigenvalue weighted by molar-refractivity contribution is 6.00. The summed E-state index contributed by atoms with van der Waals surface area (Å²) in [6.07, 6.45) is 2.79. The number of anilines is 1. The number of amides is 2. The Labute approximate surface area is 173 Å². The van der Waals surface area contributed by atoms with Gasteiger partial charge in [-0.1, -0.05) is 18.2 Å². The number of ether oxygens (including phenoxy) is 1. The van der Waals surface area contributed by atoms with E-state index in [1.807, 2.05) is 0 Å². The molecule has 1 aromatic heterocycles. The number of nitrogens with zero attached hydrogens (tertiary/aromatic N) is 1. The minimum absolute atomic E-state index is 0.228. The first-order valence-corrected chi connectivity index (χ1v) is 9.73. The van der Waals surface area contributed by atoms with Crippen molar-refractivity contribution in [3.05, 3.63) is 84.1 Å². The molecule has 0 bridgehead atoms. The second-order valence-corrected chi connectivity index (χ2v) is 7.07. The van der Waals surface area contributed by atoms with Crippen LogP contribution >= 0.6 is 0 Å². The predicted octanol–water partition coefficient (Wildman–Crippen LogP) is 4.24. The Morgan fingerprint density at radius 1 is 1.13 bits per heavy atom. The molecular weight excluding hydrogens is 387 g/mol. The fourth-order valence-corrected chi connectivity index (χ4v) is 3.46. The molecule has 0 aliphatic carbocycles. The Balaban J connectivity index is 1.38. The predicted molar refractivity (Wildman–Crippen MR) is 109 cm³/mol. The topological polar surface area (TPSA) is 71.8 Å². The van der Waals surface area contributed by atoms with E-state index in [9.17, 15) is 14.0 Å². The van der Waals surface area contributed by atoms with Gasteiger partial charge in [-0.05, 0) is 54.8 Å². The molecule has 2 amide bonds. The third-order valence-electron chi connectivity index (χ3n) is 4.97. The summed E-state index contributed by atoms with van der Waals surface area (Å²) in [5, 5.41) is 2.87. The van der Waals surface area contributed by atoms with Crippen LogP contribution in [0.3, 0.4) is 0 Å². The molecule has 4 rings (SSSR count). The first-order chi connectivity index (χ1) is 14.6. The lowest BCUT2D eigenvalue weighted by atomic mass is 10.2. The second-order valence-electron chi connectivity index (χ2n) is 7.07. The standard InChI is InChI=1S/C23H21FN2O4/c24-17-10-8-16(9-11-17)15-30-19-5-1-4-18(14-19)25-22(27)20-6-2-12-26(20)23(28)21-7-3-13-29-21/h1,3-5,7-11,13-14,20H,2,6,12,15H2,(H,25,27). The summed E-state index contributed by atoms with van der Waals surface area (Å²) in [7, 11) is 0. The van der Waals surface area contributed by atoms with Gasteiger partial charge in [-0.25, -0.2) is 4.39 Å². The summed E-state index contributed by atoms with van der Waals surface area (Å²) < 4.78 is 23.9. The van der Waals surface area contributed by atoms with Crippen LogP contribution in [0.5, 0.6) is 5.75 Å². The smallest absolute Gasteiger partial charge is 0.290 e. The molecule has 0 radical (unpaired) electrons. The van der Waals surface area contributed by atoms with Crippen molar-refractivity contribution in [2.45, 2.75) is 25.5 Å². The third-order valence-corrected chi connectivity index (χ3v) is 4.97. The van der Waals surface area contributed by atoms with E-state index in [1.54, 1.807) is 53.4 Å². The van der Waals surface area contributed by atoms with Crippen molar-refractivity contribution in [3.63, 3.8) is 0 Å². The molecule has 3 aromatic rings. The molecule has 30 heavy (non-hydrogen) atoms. The molecule has 7 heteroatoms. The van der Waals surface area contributed by atoms with Crippen LogP contribution in [-0.2, 0) is 11.4 Å². The molecule has 1 saturated heterocycles. The summed E-state index contributed by atoms with van der Waals surface area (Å²) in [5.74, 6) is -0.0231. The van der Waals surface area contributed by atoms with E-state index in [0.717, 1.165) is 12.0 Å². The Morgan fingerprint density at radius 2 is 1.97 bits per heavy atom. The maximum atomic E-state index is 13.0. The van der Waals surface area contributed by atoms with E-state index in [4.69, 9.17) is 9.15 Å². The monoisotopic (exact) mass is 408 g/mol. The maximum absolute atomic E-state index is 13.0. The first kappa shape index (κ1) is 19.7. The highest BCUT2D eigenvalue weighted by atomic mass is 19.1. The van der Waals surface area contributed by atoms with Gasteiger partial charge in [0.05, 0.1) is 6.26 Å². The van der Waals surface area contributed by atoms with Gasteiger partial charge >= 0.3 is 0 Å². The maximum Gasteiger partial charge on any atom is 0.290 e. The zero-order valence-corrected chi connectivity index (χ0v) is 16.2. The van der Waals surface area contributed by atoms with Gasteiger partial charge in [-0.15, -0.1) is 0 Å². The Bertz CT molecular complexity index is 1020. The molecule has 1 aliphatic heterocycles. The summed E-state index contributed by atoms with van der Waals surface area (Å²) >= 11 is 0. The number of hydrogen-bond donors (Lipinski definition) is 1. The van der Waals surface area contributed by atoms with Gasteiger partial charge in [0.15, 0.2) is 5.76 Å². The molecule has 2 aromatic carbocycles. The number of benzene rings is 2. The summed E-state index contributed by atoms with van der Waals surface area (Å²) in [4.78, 5) is 26.9. The van der Waals surface area contributed by atoms with Gasteiger partial charge in [-0.2, -0.15) is 0 Å². The van der Waals surface area contributed by atoms with Crippen LogP contribution in [0.15, 0.2) is 71.3 Å². The highest BCUT2D eigenvalue weighted by Gasteiger charge is 2.35. The van der Waals surface area contributed by atoms with Crippen LogP contribution in [-0.4, -0.2) is 29.3 Å². The van der Waals surface area contributed by atoms with Crippen molar-refractivity contribution in [1.29, 1.82) is 0 Å². The molecule has 1 unspecified atom stereocenters. The van der Waals surface area contributed by atoms with E-state index in [-0.39, 0.29) is 30.0 Å². The van der Waals surface area contributed by atoms with Crippen LogP contribution in [0.2, 0.25) is 0 Å². The second kappa shape index (κ2) is 8.82. The minimum atomic E-state index is -0.550. The van der Waals surface area contributed by atoms with Crippen molar-refractivity contribution < 1.29 is 23.1 Å². The molecule has 0 spiro atoms. The molecule has 1 aliphatic rings. The molecule has 0 saturated carbocycles. The fourth-order valence-electron chi connectivity index (χ4n) is 3.46. The van der Waals surface area contributed by atoms with E-state index < -0.39 is 6.04 Å². The summed E-state index contributed by atoms with van der Waals surface area (Å²) in [5.41, 5.74) is 1.41. The molecule has 6 nitrogen and oxygen atoms in total. The number of carbonyl (C=O) groups excluding carboxylic acids is 2. The number of carbonyl (C=O) groups is 2.